The van der Waals surface area contributed by atoms with Crippen LogP contribution in [0.4, 0.5) is 5.69 Å². The topological polar surface area (TPSA) is 27.0 Å². The fourth-order valence-electron chi connectivity index (χ4n) is 3.14. The number of nitrogens with zero attached hydrogens (tertiary/aromatic N) is 2. The smallest absolute Gasteiger partial charge is 0.121 e. The summed E-state index contributed by atoms with van der Waals surface area (Å²) in [4.78, 5) is 3.68. The Morgan fingerprint density at radius 1 is 1.09 bits per heavy atom. The zero-order valence-corrected chi connectivity index (χ0v) is 13.5. The lowest BCUT2D eigenvalue weighted by Gasteiger charge is -2.41. The SMILES string of the molecule is N#CC1Sc2ccccc2N(C2CC2)C1c1ccc(Cl)cc1. The first-order valence-corrected chi connectivity index (χ1v) is 8.73. The summed E-state index contributed by atoms with van der Waals surface area (Å²) in [7, 11) is 0. The van der Waals surface area contributed by atoms with Crippen LogP contribution in [-0.4, -0.2) is 11.3 Å². The standard InChI is InChI=1S/C18H15ClN2S/c19-13-7-5-12(6-8-13)18-17(11-20)22-16-4-2-1-3-15(16)21(18)14-9-10-14/h1-8,14,17-18H,9-10H2. The number of hydrogen-bond donors (Lipinski definition) is 0. The van der Waals surface area contributed by atoms with Crippen molar-refractivity contribution in [2.75, 3.05) is 4.90 Å². The number of anilines is 1. The van der Waals surface area contributed by atoms with Gasteiger partial charge in [-0.25, -0.2) is 0 Å². The van der Waals surface area contributed by atoms with Crippen LogP contribution in [0.1, 0.15) is 24.4 Å². The monoisotopic (exact) mass is 326 g/mol. The van der Waals surface area contributed by atoms with Crippen LogP contribution in [0.5, 0.6) is 0 Å². The molecule has 1 saturated carbocycles. The molecule has 4 rings (SSSR count). The van der Waals surface area contributed by atoms with Gasteiger partial charge in [-0.15, -0.1) is 11.8 Å². The van der Waals surface area contributed by atoms with E-state index in [1.54, 1.807) is 11.8 Å². The van der Waals surface area contributed by atoms with Crippen molar-refractivity contribution in [2.24, 2.45) is 0 Å². The second kappa shape index (κ2) is 5.53. The van der Waals surface area contributed by atoms with Gasteiger partial charge in [-0.3, -0.25) is 0 Å². The molecule has 2 aromatic carbocycles. The summed E-state index contributed by atoms with van der Waals surface area (Å²) in [6.07, 6.45) is 2.42. The zero-order valence-electron chi connectivity index (χ0n) is 11.9. The number of thioether (sulfide) groups is 1. The second-order valence-corrected chi connectivity index (χ2v) is 7.39. The van der Waals surface area contributed by atoms with E-state index in [-0.39, 0.29) is 11.3 Å². The molecule has 2 atom stereocenters. The minimum Gasteiger partial charge on any atom is -0.358 e. The summed E-state index contributed by atoms with van der Waals surface area (Å²) in [6.45, 7) is 0. The van der Waals surface area contributed by atoms with Gasteiger partial charge in [0.25, 0.3) is 0 Å². The molecule has 1 aliphatic heterocycles. The molecule has 0 bridgehead atoms. The fraction of sp³-hybridized carbons (Fsp3) is 0.278. The molecule has 0 spiro atoms. The van der Waals surface area contributed by atoms with Gasteiger partial charge in [-0.2, -0.15) is 5.26 Å². The molecule has 0 saturated heterocycles. The van der Waals surface area contributed by atoms with Crippen LogP contribution in [0.3, 0.4) is 0 Å². The van der Waals surface area contributed by atoms with Crippen molar-refractivity contribution in [3.63, 3.8) is 0 Å². The highest BCUT2D eigenvalue weighted by Gasteiger charge is 2.43. The lowest BCUT2D eigenvalue weighted by atomic mass is 10.0. The van der Waals surface area contributed by atoms with Crippen LogP contribution in [0, 0.1) is 11.3 Å². The first-order valence-electron chi connectivity index (χ1n) is 7.47. The van der Waals surface area contributed by atoms with Gasteiger partial charge in [0.15, 0.2) is 0 Å². The van der Waals surface area contributed by atoms with Gasteiger partial charge in [0, 0.05) is 16.0 Å². The van der Waals surface area contributed by atoms with Gasteiger partial charge in [0.05, 0.1) is 17.8 Å². The largest absolute Gasteiger partial charge is 0.358 e. The summed E-state index contributed by atoms with van der Waals surface area (Å²) >= 11 is 7.71. The molecule has 2 unspecified atom stereocenters. The minimum atomic E-state index is -0.100. The van der Waals surface area contributed by atoms with Gasteiger partial charge < -0.3 is 4.90 Å². The number of para-hydroxylation sites is 1. The molecule has 0 aromatic heterocycles. The number of benzene rings is 2. The molecule has 1 heterocycles. The molecule has 22 heavy (non-hydrogen) atoms. The third-order valence-electron chi connectivity index (χ3n) is 4.26. The Hall–Kier alpha value is -1.63. The summed E-state index contributed by atoms with van der Waals surface area (Å²) in [5, 5.41) is 10.3. The molecular weight excluding hydrogens is 312 g/mol. The molecule has 0 amide bonds. The van der Waals surface area contributed by atoms with Crippen molar-refractivity contribution >= 4 is 29.1 Å². The van der Waals surface area contributed by atoms with Crippen molar-refractivity contribution < 1.29 is 0 Å². The van der Waals surface area contributed by atoms with E-state index in [0.717, 1.165) is 5.02 Å². The number of halogens is 1. The lowest BCUT2D eigenvalue weighted by molar-refractivity contribution is 0.622. The normalized spacial score (nSPS) is 23.7. The summed E-state index contributed by atoms with van der Waals surface area (Å²) in [6, 6.07) is 19.5. The zero-order chi connectivity index (χ0) is 15.1. The second-order valence-electron chi connectivity index (χ2n) is 5.77. The Morgan fingerprint density at radius 2 is 1.82 bits per heavy atom. The highest BCUT2D eigenvalue weighted by molar-refractivity contribution is 8.00. The summed E-state index contributed by atoms with van der Waals surface area (Å²) in [5.74, 6) is 0. The molecule has 2 aromatic rings. The van der Waals surface area contributed by atoms with E-state index >= 15 is 0 Å². The van der Waals surface area contributed by atoms with Gasteiger partial charge >= 0.3 is 0 Å². The van der Waals surface area contributed by atoms with E-state index in [2.05, 4.69) is 41.3 Å². The van der Waals surface area contributed by atoms with Crippen LogP contribution in [-0.2, 0) is 0 Å². The van der Waals surface area contributed by atoms with Crippen molar-refractivity contribution in [1.82, 2.24) is 0 Å². The molecule has 1 fully saturated rings. The molecule has 0 N–H and O–H groups in total. The van der Waals surface area contributed by atoms with Crippen LogP contribution in [0.25, 0.3) is 0 Å². The van der Waals surface area contributed by atoms with E-state index in [1.165, 1.54) is 29.0 Å². The third kappa shape index (κ3) is 2.37. The number of nitriles is 1. The number of hydrogen-bond acceptors (Lipinski definition) is 3. The molecule has 110 valence electrons. The van der Waals surface area contributed by atoms with Gasteiger partial charge in [-0.05, 0) is 42.7 Å². The third-order valence-corrected chi connectivity index (χ3v) is 5.73. The van der Waals surface area contributed by atoms with Crippen molar-refractivity contribution in [3.8, 4) is 6.07 Å². The predicted octanol–water partition coefficient (Wildman–Crippen LogP) is 5.05. The van der Waals surface area contributed by atoms with Gasteiger partial charge in [0.2, 0.25) is 0 Å². The van der Waals surface area contributed by atoms with E-state index < -0.39 is 0 Å². The molecule has 1 aliphatic carbocycles. The van der Waals surface area contributed by atoms with Crippen LogP contribution < -0.4 is 4.90 Å². The van der Waals surface area contributed by atoms with E-state index in [0.29, 0.717) is 6.04 Å². The number of rotatable bonds is 2. The maximum atomic E-state index is 9.70. The molecule has 4 heteroatoms. The first-order chi connectivity index (χ1) is 10.8. The Kier molecular flexibility index (Phi) is 3.52. The molecule has 2 aliphatic rings. The minimum absolute atomic E-state index is 0.0923. The van der Waals surface area contributed by atoms with Crippen molar-refractivity contribution in [3.05, 3.63) is 59.1 Å². The van der Waals surface area contributed by atoms with E-state index in [4.69, 9.17) is 11.6 Å². The summed E-state index contributed by atoms with van der Waals surface area (Å²) < 4.78 is 0. The van der Waals surface area contributed by atoms with Crippen LogP contribution in [0.2, 0.25) is 5.02 Å². The number of fused-ring (bicyclic) bond motifs is 1. The Balaban J connectivity index is 1.83. The fourth-order valence-corrected chi connectivity index (χ4v) is 4.46. The Bertz CT molecular complexity index is 733. The lowest BCUT2D eigenvalue weighted by Crippen LogP contribution is -2.39. The highest BCUT2D eigenvalue weighted by Crippen LogP contribution is 2.51. The maximum absolute atomic E-state index is 9.70. The Morgan fingerprint density at radius 3 is 2.50 bits per heavy atom. The maximum Gasteiger partial charge on any atom is 0.121 e. The van der Waals surface area contributed by atoms with Gasteiger partial charge in [0.1, 0.15) is 5.25 Å². The van der Waals surface area contributed by atoms with Crippen LogP contribution >= 0.6 is 23.4 Å². The molecule has 2 nitrogen and oxygen atoms in total. The van der Waals surface area contributed by atoms with E-state index in [1.807, 2.05) is 18.2 Å². The summed E-state index contributed by atoms with van der Waals surface area (Å²) in [5.41, 5.74) is 2.44. The van der Waals surface area contributed by atoms with Crippen molar-refractivity contribution in [2.45, 2.75) is 35.1 Å². The van der Waals surface area contributed by atoms with E-state index in [9.17, 15) is 5.26 Å². The predicted molar refractivity (Wildman–Crippen MR) is 91.4 cm³/mol. The van der Waals surface area contributed by atoms with Crippen molar-refractivity contribution in [1.29, 1.82) is 5.26 Å². The quantitative estimate of drug-likeness (QED) is 0.773. The highest BCUT2D eigenvalue weighted by atomic mass is 35.5. The van der Waals surface area contributed by atoms with Gasteiger partial charge in [-0.1, -0.05) is 35.9 Å². The average molecular weight is 327 g/mol. The first kappa shape index (κ1) is 14.0. The van der Waals surface area contributed by atoms with Crippen LogP contribution in [0.15, 0.2) is 53.4 Å². The average Bonchev–Trinajstić information content (AvgIpc) is 3.38. The molecular formula is C18H15ClN2S. The molecule has 0 radical (unpaired) electrons. The Labute approximate surface area is 139 Å².